The number of Topliss-reactive ketones (excluding diaryl/α,β-unsaturated/α-hetero) is 1. The number of alkyl halides is 2. The molecule has 0 unspecified atom stereocenters. The van der Waals surface area contributed by atoms with Crippen molar-refractivity contribution < 1.29 is 19.0 Å². The summed E-state index contributed by atoms with van der Waals surface area (Å²) < 4.78 is 17.4. The molecule has 0 amide bonds. The van der Waals surface area contributed by atoms with E-state index in [1.807, 2.05) is 6.08 Å². The summed E-state index contributed by atoms with van der Waals surface area (Å²) in [5.41, 5.74) is -1.18. The molecule has 4 aliphatic rings. The third-order valence-electron chi connectivity index (χ3n) is 6.38. The van der Waals surface area contributed by atoms with E-state index in [0.29, 0.717) is 6.42 Å². The smallest absolute Gasteiger partial charge is 0.219 e. The lowest BCUT2D eigenvalue weighted by Gasteiger charge is -2.48. The van der Waals surface area contributed by atoms with Crippen LogP contribution in [0.4, 0.5) is 0 Å². The van der Waals surface area contributed by atoms with Crippen LogP contribution in [0.3, 0.4) is 0 Å². The molecule has 0 aromatic rings. The molecular weight excluding hydrogens is 327 g/mol. The van der Waals surface area contributed by atoms with Gasteiger partial charge in [-0.3, -0.25) is 4.79 Å². The van der Waals surface area contributed by atoms with E-state index in [-0.39, 0.29) is 17.6 Å². The topological polar surface area (TPSA) is 44.8 Å². The number of ketones is 1. The lowest BCUT2D eigenvalue weighted by Crippen LogP contribution is -2.63. The minimum atomic E-state index is -1.37. The van der Waals surface area contributed by atoms with Crippen LogP contribution in [0.1, 0.15) is 32.1 Å². The van der Waals surface area contributed by atoms with Crippen LogP contribution in [0.5, 0.6) is 0 Å². The Kier molecular flexibility index (Phi) is 3.06. The van der Waals surface area contributed by atoms with Gasteiger partial charge in [-0.2, -0.15) is 0 Å². The number of carbonyl (C=O) groups is 1. The highest BCUT2D eigenvalue weighted by Crippen LogP contribution is 2.76. The first-order valence-corrected chi connectivity index (χ1v) is 8.57. The summed E-state index contributed by atoms with van der Waals surface area (Å²) in [6.45, 7) is 0. The predicted molar refractivity (Wildman–Crippen MR) is 81.9 cm³/mol. The third-order valence-corrected chi connectivity index (χ3v) is 7.91. The Morgan fingerprint density at radius 3 is 2.36 bits per heavy atom. The Morgan fingerprint density at radius 2 is 1.82 bits per heavy atom. The number of methoxy groups -OCH3 is 2. The fourth-order valence-electron chi connectivity index (χ4n) is 5.66. The van der Waals surface area contributed by atoms with Gasteiger partial charge in [0.05, 0.1) is 6.26 Å². The number of ether oxygens (including phenoxy) is 3. The maximum Gasteiger partial charge on any atom is 0.219 e. The zero-order chi connectivity index (χ0) is 15.8. The van der Waals surface area contributed by atoms with Gasteiger partial charge in [0, 0.05) is 20.6 Å². The summed E-state index contributed by atoms with van der Waals surface area (Å²) in [6.07, 6.45) is 7.70. The van der Waals surface area contributed by atoms with Gasteiger partial charge in [-0.15, -0.1) is 23.2 Å². The van der Waals surface area contributed by atoms with Gasteiger partial charge in [0.1, 0.15) is 0 Å². The first-order chi connectivity index (χ1) is 10.5. The van der Waals surface area contributed by atoms with Crippen LogP contribution in [0.2, 0.25) is 0 Å². The van der Waals surface area contributed by atoms with Crippen LogP contribution < -0.4 is 0 Å². The second kappa shape index (κ2) is 4.41. The molecule has 4 nitrogen and oxygen atoms in total. The number of rotatable bonds is 2. The van der Waals surface area contributed by atoms with Crippen molar-refractivity contribution in [2.75, 3.05) is 14.2 Å². The van der Waals surface area contributed by atoms with Gasteiger partial charge in [-0.05, 0) is 30.8 Å². The monoisotopic (exact) mass is 346 g/mol. The molecule has 2 bridgehead atoms. The maximum absolute atomic E-state index is 13.4. The number of fused-ring (bicyclic) bond motifs is 6. The zero-order valence-electron chi connectivity index (χ0n) is 12.7. The van der Waals surface area contributed by atoms with E-state index in [0.717, 1.165) is 25.7 Å². The van der Waals surface area contributed by atoms with Crippen LogP contribution in [0, 0.1) is 11.8 Å². The minimum Gasteiger partial charge on any atom is -0.485 e. The lowest BCUT2D eigenvalue weighted by molar-refractivity contribution is -0.234. The average molecular weight is 347 g/mol. The van der Waals surface area contributed by atoms with Gasteiger partial charge in [0.15, 0.2) is 15.3 Å². The van der Waals surface area contributed by atoms with Crippen molar-refractivity contribution in [3.8, 4) is 0 Å². The van der Waals surface area contributed by atoms with Gasteiger partial charge in [0.2, 0.25) is 11.6 Å². The SMILES string of the molecule is COC1(OC)[C@]2(Cl)[C@H]3CCCC[C@H]3[C@@]1(Cl)C(=O)[C@]21CC=CO1. The molecule has 4 rings (SSSR count). The molecule has 1 spiro atoms. The van der Waals surface area contributed by atoms with E-state index in [1.165, 1.54) is 14.2 Å². The molecule has 1 aliphatic heterocycles. The summed E-state index contributed by atoms with van der Waals surface area (Å²) in [6, 6.07) is 0. The number of halogens is 2. The molecule has 6 heteroatoms. The Labute approximate surface area is 140 Å². The van der Waals surface area contributed by atoms with Gasteiger partial charge in [-0.1, -0.05) is 12.8 Å². The molecule has 0 saturated heterocycles. The van der Waals surface area contributed by atoms with E-state index < -0.39 is 21.1 Å². The summed E-state index contributed by atoms with van der Waals surface area (Å²) in [5, 5.41) is 0. The quantitative estimate of drug-likeness (QED) is 0.569. The normalized spacial score (nSPS) is 51.4. The predicted octanol–water partition coefficient (Wildman–Crippen LogP) is 3.01. The summed E-state index contributed by atoms with van der Waals surface area (Å²) >= 11 is 14.2. The standard InChI is InChI=1S/C16H20Cl2O4/c1-20-16(21-2)14(17)10-6-3-4-7-11(10)15(16,18)13(12(14)19)8-5-9-22-13/h5,9-11H,3-4,6-8H2,1-2H3/t10-,11+,13-,14-,15+/m1/s1. The molecule has 3 fully saturated rings. The molecule has 3 saturated carbocycles. The molecule has 3 aliphatic carbocycles. The molecule has 0 N–H and O–H groups in total. The Morgan fingerprint density at radius 1 is 1.18 bits per heavy atom. The van der Waals surface area contributed by atoms with E-state index in [2.05, 4.69) is 0 Å². The molecule has 1 heterocycles. The van der Waals surface area contributed by atoms with Crippen molar-refractivity contribution in [2.45, 2.75) is 53.2 Å². The Bertz CT molecular complexity index is 550. The fraction of sp³-hybridized carbons (Fsp3) is 0.812. The van der Waals surface area contributed by atoms with Gasteiger partial charge in [0.25, 0.3) is 0 Å². The largest absolute Gasteiger partial charge is 0.485 e. The van der Waals surface area contributed by atoms with E-state index in [4.69, 9.17) is 37.4 Å². The molecule has 22 heavy (non-hydrogen) atoms. The Hall–Kier alpha value is -0.290. The highest BCUT2D eigenvalue weighted by atomic mass is 35.5. The van der Waals surface area contributed by atoms with Crippen LogP contribution in [0.25, 0.3) is 0 Å². The molecule has 122 valence electrons. The molecule has 0 aromatic heterocycles. The third kappa shape index (κ3) is 1.17. The summed E-state index contributed by atoms with van der Waals surface area (Å²) in [5.74, 6) is -1.56. The van der Waals surface area contributed by atoms with Gasteiger partial charge < -0.3 is 14.2 Å². The van der Waals surface area contributed by atoms with E-state index in [1.54, 1.807) is 6.26 Å². The zero-order valence-corrected chi connectivity index (χ0v) is 14.2. The first-order valence-electron chi connectivity index (χ1n) is 7.82. The van der Waals surface area contributed by atoms with E-state index >= 15 is 0 Å². The van der Waals surface area contributed by atoms with E-state index in [9.17, 15) is 4.79 Å². The van der Waals surface area contributed by atoms with Crippen molar-refractivity contribution in [1.29, 1.82) is 0 Å². The second-order valence-corrected chi connectivity index (χ2v) is 7.99. The highest BCUT2D eigenvalue weighted by molar-refractivity contribution is 6.45. The van der Waals surface area contributed by atoms with Crippen molar-refractivity contribution in [3.05, 3.63) is 12.3 Å². The van der Waals surface area contributed by atoms with Gasteiger partial charge >= 0.3 is 0 Å². The van der Waals surface area contributed by atoms with Crippen LogP contribution >= 0.6 is 23.2 Å². The number of hydrogen-bond acceptors (Lipinski definition) is 4. The highest BCUT2D eigenvalue weighted by Gasteiger charge is 2.94. The number of hydrogen-bond donors (Lipinski definition) is 0. The summed E-state index contributed by atoms with van der Waals surface area (Å²) in [7, 11) is 3.04. The Balaban J connectivity index is 2.00. The lowest BCUT2D eigenvalue weighted by atomic mass is 9.64. The minimum absolute atomic E-state index is 0.0392. The maximum atomic E-state index is 13.4. The molecular formula is C16H20Cl2O4. The second-order valence-electron chi connectivity index (χ2n) is 6.80. The van der Waals surface area contributed by atoms with Crippen molar-refractivity contribution >= 4 is 29.0 Å². The van der Waals surface area contributed by atoms with Gasteiger partial charge in [-0.25, -0.2) is 0 Å². The first kappa shape index (κ1) is 15.3. The summed E-state index contributed by atoms with van der Waals surface area (Å²) in [4.78, 5) is 11.0. The van der Waals surface area contributed by atoms with Crippen LogP contribution in [-0.2, 0) is 19.0 Å². The molecule has 0 radical (unpaired) electrons. The molecule has 0 aromatic carbocycles. The van der Waals surface area contributed by atoms with Crippen LogP contribution in [-0.4, -0.2) is 41.1 Å². The van der Waals surface area contributed by atoms with Crippen molar-refractivity contribution in [2.24, 2.45) is 11.8 Å². The average Bonchev–Trinajstić information content (AvgIpc) is 3.13. The fourth-order valence-corrected chi connectivity index (χ4v) is 7.20. The van der Waals surface area contributed by atoms with Crippen LogP contribution in [0.15, 0.2) is 12.3 Å². The van der Waals surface area contributed by atoms with Crippen molar-refractivity contribution in [1.82, 2.24) is 0 Å². The number of carbonyl (C=O) groups excluding carboxylic acids is 1. The van der Waals surface area contributed by atoms with Crippen molar-refractivity contribution in [3.63, 3.8) is 0 Å². The molecule has 5 atom stereocenters.